The monoisotopic (exact) mass is 274 g/mol. The third-order valence-electron chi connectivity index (χ3n) is 2.45. The van der Waals surface area contributed by atoms with E-state index in [-0.39, 0.29) is 5.69 Å². The third kappa shape index (κ3) is 3.64. The summed E-state index contributed by atoms with van der Waals surface area (Å²) in [6.45, 7) is 2.85. The SMILES string of the molecule is CCCNc1cc(Oc2cccc([N+](=O)[O-])c2)ncn1. The van der Waals surface area contributed by atoms with Gasteiger partial charge in [-0.05, 0) is 12.5 Å². The Kier molecular flexibility index (Phi) is 4.43. The van der Waals surface area contributed by atoms with Gasteiger partial charge in [-0.15, -0.1) is 0 Å². The number of benzene rings is 1. The standard InChI is InChI=1S/C13H14N4O3/c1-2-6-14-12-8-13(16-9-15-12)20-11-5-3-4-10(7-11)17(18)19/h3-5,7-9H,2,6H2,1H3,(H,14,15,16). The Balaban J connectivity index is 2.13. The molecule has 0 atom stereocenters. The zero-order chi connectivity index (χ0) is 14.4. The normalized spacial score (nSPS) is 10.1. The van der Waals surface area contributed by atoms with Crippen molar-refractivity contribution in [3.63, 3.8) is 0 Å². The van der Waals surface area contributed by atoms with Gasteiger partial charge in [-0.2, -0.15) is 0 Å². The lowest BCUT2D eigenvalue weighted by molar-refractivity contribution is -0.384. The molecule has 2 aromatic rings. The summed E-state index contributed by atoms with van der Waals surface area (Å²) in [6.07, 6.45) is 2.36. The molecule has 0 amide bonds. The van der Waals surface area contributed by atoms with Gasteiger partial charge in [0.2, 0.25) is 5.88 Å². The maximum Gasteiger partial charge on any atom is 0.273 e. The lowest BCUT2D eigenvalue weighted by Crippen LogP contribution is -2.02. The van der Waals surface area contributed by atoms with E-state index in [4.69, 9.17) is 4.74 Å². The minimum Gasteiger partial charge on any atom is -0.439 e. The molecule has 104 valence electrons. The van der Waals surface area contributed by atoms with Crippen LogP contribution in [0.4, 0.5) is 11.5 Å². The summed E-state index contributed by atoms with van der Waals surface area (Å²) in [4.78, 5) is 18.2. The molecule has 1 heterocycles. The van der Waals surface area contributed by atoms with Crippen LogP contribution in [0, 0.1) is 10.1 Å². The smallest absolute Gasteiger partial charge is 0.273 e. The van der Waals surface area contributed by atoms with E-state index in [1.165, 1.54) is 18.5 Å². The molecule has 0 saturated carbocycles. The molecule has 0 aliphatic rings. The zero-order valence-electron chi connectivity index (χ0n) is 10.9. The van der Waals surface area contributed by atoms with E-state index in [2.05, 4.69) is 22.2 Å². The minimum absolute atomic E-state index is 0.0270. The predicted octanol–water partition coefficient (Wildman–Crippen LogP) is 3.00. The summed E-state index contributed by atoms with van der Waals surface area (Å²) < 4.78 is 5.49. The lowest BCUT2D eigenvalue weighted by Gasteiger charge is -2.07. The molecule has 0 unspecified atom stereocenters. The van der Waals surface area contributed by atoms with Crippen molar-refractivity contribution >= 4 is 11.5 Å². The largest absolute Gasteiger partial charge is 0.439 e. The van der Waals surface area contributed by atoms with Gasteiger partial charge in [-0.1, -0.05) is 13.0 Å². The number of nitrogens with one attached hydrogen (secondary N) is 1. The molecule has 1 aromatic heterocycles. The Morgan fingerprint density at radius 1 is 1.35 bits per heavy atom. The molecule has 0 radical (unpaired) electrons. The number of aromatic nitrogens is 2. The molecule has 0 aliphatic carbocycles. The van der Waals surface area contributed by atoms with Crippen LogP contribution in [-0.2, 0) is 0 Å². The Bertz CT molecular complexity index is 604. The average Bonchev–Trinajstić information content (AvgIpc) is 2.46. The summed E-state index contributed by atoms with van der Waals surface area (Å²) in [5.74, 6) is 1.35. The highest BCUT2D eigenvalue weighted by Gasteiger charge is 2.08. The van der Waals surface area contributed by atoms with Crippen LogP contribution in [0.1, 0.15) is 13.3 Å². The maximum absolute atomic E-state index is 10.7. The Morgan fingerprint density at radius 3 is 2.95 bits per heavy atom. The molecule has 0 fully saturated rings. The van der Waals surface area contributed by atoms with Gasteiger partial charge in [0.25, 0.3) is 5.69 Å². The average molecular weight is 274 g/mol. The highest BCUT2D eigenvalue weighted by Crippen LogP contribution is 2.24. The summed E-state index contributed by atoms with van der Waals surface area (Å²) in [7, 11) is 0. The van der Waals surface area contributed by atoms with Gasteiger partial charge in [0.1, 0.15) is 17.9 Å². The fraction of sp³-hybridized carbons (Fsp3) is 0.231. The van der Waals surface area contributed by atoms with E-state index in [9.17, 15) is 10.1 Å². The quantitative estimate of drug-likeness (QED) is 0.643. The Morgan fingerprint density at radius 2 is 2.20 bits per heavy atom. The zero-order valence-corrected chi connectivity index (χ0v) is 10.9. The van der Waals surface area contributed by atoms with Crippen LogP contribution in [0.15, 0.2) is 36.7 Å². The highest BCUT2D eigenvalue weighted by molar-refractivity contribution is 5.42. The number of ether oxygens (including phenoxy) is 1. The minimum atomic E-state index is -0.471. The van der Waals surface area contributed by atoms with Crippen molar-refractivity contribution in [2.75, 3.05) is 11.9 Å². The summed E-state index contributed by atoms with van der Waals surface area (Å²) in [5, 5.41) is 13.8. The number of hydrogen-bond donors (Lipinski definition) is 1. The molecule has 7 heteroatoms. The van der Waals surface area contributed by atoms with Gasteiger partial charge in [0.15, 0.2) is 0 Å². The van der Waals surface area contributed by atoms with Crippen molar-refractivity contribution < 1.29 is 9.66 Å². The first-order valence-corrected chi connectivity index (χ1v) is 6.17. The fourth-order valence-electron chi connectivity index (χ4n) is 1.53. The van der Waals surface area contributed by atoms with Gasteiger partial charge in [0.05, 0.1) is 11.0 Å². The van der Waals surface area contributed by atoms with Gasteiger partial charge < -0.3 is 10.1 Å². The van der Waals surface area contributed by atoms with Gasteiger partial charge in [-0.3, -0.25) is 10.1 Å². The Labute approximate surface area is 115 Å². The van der Waals surface area contributed by atoms with Crippen LogP contribution in [-0.4, -0.2) is 21.4 Å². The van der Waals surface area contributed by atoms with Crippen molar-refractivity contribution in [1.82, 2.24) is 9.97 Å². The molecule has 2 rings (SSSR count). The van der Waals surface area contributed by atoms with Crippen LogP contribution in [0.3, 0.4) is 0 Å². The molecular formula is C13H14N4O3. The van der Waals surface area contributed by atoms with E-state index < -0.39 is 4.92 Å². The second kappa shape index (κ2) is 6.46. The molecule has 7 nitrogen and oxygen atoms in total. The van der Waals surface area contributed by atoms with E-state index in [0.717, 1.165) is 13.0 Å². The number of nitrogens with zero attached hydrogens (tertiary/aromatic N) is 3. The maximum atomic E-state index is 10.7. The summed E-state index contributed by atoms with van der Waals surface area (Å²) in [5.41, 5.74) is -0.0270. The third-order valence-corrected chi connectivity index (χ3v) is 2.45. The van der Waals surface area contributed by atoms with Crippen LogP contribution in [0.25, 0.3) is 0 Å². The van der Waals surface area contributed by atoms with Gasteiger partial charge in [-0.25, -0.2) is 9.97 Å². The molecule has 1 aromatic carbocycles. The molecule has 1 N–H and O–H groups in total. The highest BCUT2D eigenvalue weighted by atomic mass is 16.6. The number of nitro groups is 1. The molecular weight excluding hydrogens is 260 g/mol. The molecule has 0 spiro atoms. The Hall–Kier alpha value is -2.70. The van der Waals surface area contributed by atoms with E-state index in [1.807, 2.05) is 0 Å². The number of anilines is 1. The van der Waals surface area contributed by atoms with Crippen molar-refractivity contribution in [1.29, 1.82) is 0 Å². The van der Waals surface area contributed by atoms with Crippen molar-refractivity contribution in [2.24, 2.45) is 0 Å². The van der Waals surface area contributed by atoms with E-state index >= 15 is 0 Å². The molecule has 0 saturated heterocycles. The van der Waals surface area contributed by atoms with Crippen LogP contribution >= 0.6 is 0 Å². The van der Waals surface area contributed by atoms with E-state index in [1.54, 1.807) is 18.2 Å². The second-order valence-electron chi connectivity index (χ2n) is 4.02. The molecule has 0 bridgehead atoms. The van der Waals surface area contributed by atoms with Gasteiger partial charge in [0, 0.05) is 18.7 Å². The predicted molar refractivity (Wildman–Crippen MR) is 74.0 cm³/mol. The van der Waals surface area contributed by atoms with Crippen LogP contribution in [0.5, 0.6) is 11.6 Å². The topological polar surface area (TPSA) is 90.2 Å². The van der Waals surface area contributed by atoms with Crippen molar-refractivity contribution in [3.05, 3.63) is 46.8 Å². The number of non-ortho nitro benzene ring substituents is 1. The molecule has 0 aliphatic heterocycles. The number of rotatable bonds is 6. The fourth-order valence-corrected chi connectivity index (χ4v) is 1.53. The second-order valence-corrected chi connectivity index (χ2v) is 4.02. The summed E-state index contributed by atoms with van der Waals surface area (Å²) in [6, 6.07) is 7.59. The lowest BCUT2D eigenvalue weighted by atomic mass is 10.3. The van der Waals surface area contributed by atoms with Crippen molar-refractivity contribution in [3.8, 4) is 11.6 Å². The number of hydrogen-bond acceptors (Lipinski definition) is 6. The first kappa shape index (κ1) is 13.7. The first-order valence-electron chi connectivity index (χ1n) is 6.17. The van der Waals surface area contributed by atoms with Crippen LogP contribution in [0.2, 0.25) is 0 Å². The van der Waals surface area contributed by atoms with Crippen LogP contribution < -0.4 is 10.1 Å². The number of nitro benzene ring substituents is 1. The first-order chi connectivity index (χ1) is 9.69. The van der Waals surface area contributed by atoms with E-state index in [0.29, 0.717) is 17.4 Å². The van der Waals surface area contributed by atoms with Gasteiger partial charge >= 0.3 is 0 Å². The summed E-state index contributed by atoms with van der Waals surface area (Å²) >= 11 is 0. The van der Waals surface area contributed by atoms with Crippen molar-refractivity contribution in [2.45, 2.75) is 13.3 Å². The molecule has 20 heavy (non-hydrogen) atoms.